The van der Waals surface area contributed by atoms with Crippen molar-refractivity contribution in [3.8, 4) is 16.2 Å². The van der Waals surface area contributed by atoms with Crippen molar-refractivity contribution in [2.45, 2.75) is 13.2 Å². The van der Waals surface area contributed by atoms with Crippen molar-refractivity contribution < 1.29 is 14.6 Å². The highest BCUT2D eigenvalue weighted by atomic mass is 35.5. The Kier molecular flexibility index (Phi) is 7.46. The molecule has 0 radical (unpaired) electrons. The van der Waals surface area contributed by atoms with Gasteiger partial charge in [0.05, 0.1) is 5.56 Å². The Balaban J connectivity index is 1.49. The van der Waals surface area contributed by atoms with Crippen molar-refractivity contribution in [2.24, 2.45) is 0 Å². The highest BCUT2D eigenvalue weighted by molar-refractivity contribution is 7.19. The van der Waals surface area contributed by atoms with Gasteiger partial charge in [-0.1, -0.05) is 59.1 Å². The fourth-order valence-corrected chi connectivity index (χ4v) is 4.94. The molecule has 3 aromatic carbocycles. The molecule has 4 nitrogen and oxygen atoms in total. The van der Waals surface area contributed by atoms with E-state index < -0.39 is 5.97 Å². The zero-order chi connectivity index (χ0) is 23.4. The van der Waals surface area contributed by atoms with Crippen LogP contribution in [0.5, 0.6) is 5.75 Å². The third-order valence-electron chi connectivity index (χ3n) is 4.94. The molecule has 8 heteroatoms. The molecule has 0 saturated carbocycles. The lowest BCUT2D eigenvalue weighted by molar-refractivity contribution is 0.0698. The first-order chi connectivity index (χ1) is 15.9. The minimum atomic E-state index is -0.990. The molecule has 33 heavy (non-hydrogen) atoms. The largest absolute Gasteiger partial charge is 0.489 e. The zero-order valence-electron chi connectivity index (χ0n) is 17.1. The molecule has 0 aliphatic carbocycles. The van der Waals surface area contributed by atoms with Crippen LogP contribution in [0.2, 0.25) is 15.1 Å². The molecule has 4 aromatic rings. The predicted molar refractivity (Wildman–Crippen MR) is 136 cm³/mol. The molecule has 0 fully saturated rings. The Bertz CT molecular complexity index is 1270. The van der Waals surface area contributed by atoms with Crippen LogP contribution in [0.3, 0.4) is 0 Å². The van der Waals surface area contributed by atoms with Gasteiger partial charge in [-0.3, -0.25) is 0 Å². The second-order valence-electron chi connectivity index (χ2n) is 7.12. The number of carboxylic acid groups (broad SMARTS) is 1. The predicted octanol–water partition coefficient (Wildman–Crippen LogP) is 8.26. The fourth-order valence-electron chi connectivity index (χ4n) is 3.18. The Labute approximate surface area is 210 Å². The van der Waals surface area contributed by atoms with Crippen molar-refractivity contribution in [2.75, 3.05) is 5.32 Å². The highest BCUT2D eigenvalue weighted by Gasteiger charge is 2.17. The van der Waals surface area contributed by atoms with Crippen LogP contribution in [-0.2, 0) is 13.2 Å². The second kappa shape index (κ2) is 10.5. The van der Waals surface area contributed by atoms with Gasteiger partial charge in [0.25, 0.3) is 0 Å². The molecule has 0 spiro atoms. The topological polar surface area (TPSA) is 58.6 Å². The first-order valence-electron chi connectivity index (χ1n) is 9.93. The van der Waals surface area contributed by atoms with Crippen molar-refractivity contribution in [3.05, 3.63) is 105 Å². The molecule has 1 heterocycles. The van der Waals surface area contributed by atoms with Gasteiger partial charge in [0, 0.05) is 32.1 Å². The minimum Gasteiger partial charge on any atom is -0.489 e. The van der Waals surface area contributed by atoms with Gasteiger partial charge >= 0.3 is 5.97 Å². The number of carbonyl (C=O) groups is 1. The van der Waals surface area contributed by atoms with E-state index in [1.807, 2.05) is 42.5 Å². The van der Waals surface area contributed by atoms with Crippen LogP contribution in [0.4, 0.5) is 5.00 Å². The summed E-state index contributed by atoms with van der Waals surface area (Å²) in [6, 6.07) is 21.9. The van der Waals surface area contributed by atoms with E-state index in [4.69, 9.17) is 39.5 Å². The Morgan fingerprint density at radius 3 is 2.24 bits per heavy atom. The summed E-state index contributed by atoms with van der Waals surface area (Å²) < 4.78 is 5.83. The summed E-state index contributed by atoms with van der Waals surface area (Å²) in [4.78, 5) is 12.6. The first-order valence-corrected chi connectivity index (χ1v) is 11.9. The van der Waals surface area contributed by atoms with Crippen LogP contribution in [0.1, 0.15) is 21.5 Å². The van der Waals surface area contributed by atoms with Gasteiger partial charge in [0.1, 0.15) is 17.4 Å². The van der Waals surface area contributed by atoms with Gasteiger partial charge in [0.2, 0.25) is 0 Å². The second-order valence-corrected chi connectivity index (χ2v) is 9.39. The third kappa shape index (κ3) is 5.63. The third-order valence-corrected chi connectivity index (χ3v) is 7.16. The maximum Gasteiger partial charge on any atom is 0.338 e. The molecule has 0 aliphatic rings. The monoisotopic (exact) mass is 517 g/mol. The van der Waals surface area contributed by atoms with Crippen LogP contribution in [0, 0.1) is 0 Å². The summed E-state index contributed by atoms with van der Waals surface area (Å²) in [5.41, 5.74) is 2.72. The van der Waals surface area contributed by atoms with Gasteiger partial charge in [-0.25, -0.2) is 4.79 Å². The average Bonchev–Trinajstić information content (AvgIpc) is 3.23. The van der Waals surface area contributed by atoms with Crippen LogP contribution >= 0.6 is 46.1 Å². The van der Waals surface area contributed by atoms with Gasteiger partial charge in [-0.15, -0.1) is 11.3 Å². The quantitative estimate of drug-likeness (QED) is 0.246. The molecule has 168 valence electrons. The lowest BCUT2D eigenvalue weighted by Gasteiger charge is -2.10. The Hall–Kier alpha value is -2.70. The van der Waals surface area contributed by atoms with E-state index in [1.165, 1.54) is 11.3 Å². The van der Waals surface area contributed by atoms with E-state index in [2.05, 4.69) is 5.32 Å². The summed E-state index contributed by atoms with van der Waals surface area (Å²) in [5.74, 6) is -0.336. The molecule has 0 unspecified atom stereocenters. The van der Waals surface area contributed by atoms with Crippen molar-refractivity contribution in [1.29, 1.82) is 0 Å². The maximum absolute atomic E-state index is 11.8. The molecule has 0 amide bonds. The number of nitrogens with one attached hydrogen (secondary N) is 1. The zero-order valence-corrected chi connectivity index (χ0v) is 20.2. The number of aromatic carboxylic acids is 1. The van der Waals surface area contributed by atoms with E-state index in [9.17, 15) is 9.90 Å². The number of benzene rings is 3. The number of ether oxygens (including phenoxy) is 1. The molecule has 0 bridgehead atoms. The SMILES string of the molecule is O=C(O)c1cc(-c2ccc(OCc3c(Cl)cccc3Cl)cc2)sc1NCc1ccccc1Cl. The van der Waals surface area contributed by atoms with Crippen molar-refractivity contribution >= 4 is 57.1 Å². The lowest BCUT2D eigenvalue weighted by atomic mass is 10.1. The van der Waals surface area contributed by atoms with Gasteiger partial charge in [-0.2, -0.15) is 0 Å². The molecule has 2 N–H and O–H groups in total. The normalized spacial score (nSPS) is 10.8. The van der Waals surface area contributed by atoms with Crippen molar-refractivity contribution in [1.82, 2.24) is 0 Å². The summed E-state index contributed by atoms with van der Waals surface area (Å²) in [6.07, 6.45) is 0. The molecule has 0 aliphatic heterocycles. The lowest BCUT2D eigenvalue weighted by Crippen LogP contribution is -2.03. The van der Waals surface area contributed by atoms with E-state index in [-0.39, 0.29) is 12.2 Å². The van der Waals surface area contributed by atoms with Crippen molar-refractivity contribution in [3.63, 3.8) is 0 Å². The highest BCUT2D eigenvalue weighted by Crippen LogP contribution is 2.37. The number of hydrogen-bond acceptors (Lipinski definition) is 4. The molecular formula is C25H18Cl3NO3S. The molecule has 0 atom stereocenters. The van der Waals surface area contributed by atoms with Gasteiger partial charge < -0.3 is 15.2 Å². The van der Waals surface area contributed by atoms with E-state index in [0.717, 1.165) is 21.6 Å². The number of rotatable bonds is 8. The standard InChI is InChI=1S/C25H18Cl3NO3S/c26-20-5-2-1-4-16(20)13-29-24-18(25(30)31)12-23(33-24)15-8-10-17(11-9-15)32-14-19-21(27)6-3-7-22(19)28/h1-12,29H,13-14H2,(H,30,31). The number of carboxylic acids is 1. The summed E-state index contributed by atoms with van der Waals surface area (Å²) >= 11 is 20.0. The van der Waals surface area contributed by atoms with E-state index >= 15 is 0 Å². The van der Waals surface area contributed by atoms with Crippen LogP contribution in [0.15, 0.2) is 72.8 Å². The maximum atomic E-state index is 11.8. The number of hydrogen-bond donors (Lipinski definition) is 2. The van der Waals surface area contributed by atoms with E-state index in [0.29, 0.717) is 32.4 Å². The summed E-state index contributed by atoms with van der Waals surface area (Å²) in [6.45, 7) is 0.674. The molecule has 0 saturated heterocycles. The molecule has 4 rings (SSSR count). The fraction of sp³-hybridized carbons (Fsp3) is 0.0800. The number of halogens is 3. The molecular weight excluding hydrogens is 501 g/mol. The van der Waals surface area contributed by atoms with Crippen LogP contribution < -0.4 is 10.1 Å². The Morgan fingerprint density at radius 1 is 0.909 bits per heavy atom. The average molecular weight is 519 g/mol. The van der Waals surface area contributed by atoms with Gasteiger partial charge in [-0.05, 0) is 59.7 Å². The molecule has 1 aromatic heterocycles. The number of anilines is 1. The smallest absolute Gasteiger partial charge is 0.338 e. The summed E-state index contributed by atoms with van der Waals surface area (Å²) in [7, 11) is 0. The first kappa shape index (κ1) is 23.5. The van der Waals surface area contributed by atoms with E-state index in [1.54, 1.807) is 30.3 Å². The Morgan fingerprint density at radius 2 is 1.58 bits per heavy atom. The number of thiophene rings is 1. The van der Waals surface area contributed by atoms with Gasteiger partial charge in [0.15, 0.2) is 0 Å². The van der Waals surface area contributed by atoms with Crippen LogP contribution in [0.25, 0.3) is 10.4 Å². The minimum absolute atomic E-state index is 0.218. The van der Waals surface area contributed by atoms with Crippen LogP contribution in [-0.4, -0.2) is 11.1 Å². The summed E-state index contributed by atoms with van der Waals surface area (Å²) in [5, 5.41) is 15.2.